The maximum absolute atomic E-state index is 12.0. The van der Waals surface area contributed by atoms with Gasteiger partial charge < -0.3 is 5.32 Å². The number of hydrogen-bond donors (Lipinski definition) is 1. The van der Waals surface area contributed by atoms with E-state index in [4.69, 9.17) is 11.6 Å². The molecule has 0 atom stereocenters. The zero-order valence-electron chi connectivity index (χ0n) is 12.0. The van der Waals surface area contributed by atoms with E-state index >= 15 is 0 Å². The summed E-state index contributed by atoms with van der Waals surface area (Å²) >= 11 is 5.98. The first kappa shape index (κ1) is 16.9. The second-order valence-corrected chi connectivity index (χ2v) is 7.02. The third-order valence-electron chi connectivity index (χ3n) is 2.88. The van der Waals surface area contributed by atoms with Gasteiger partial charge in [0.15, 0.2) is 0 Å². The fourth-order valence-electron chi connectivity index (χ4n) is 1.65. The topological polar surface area (TPSA) is 84.3 Å². The number of rotatable bonds is 6. The number of carbonyl (C=O) groups is 1. The van der Waals surface area contributed by atoms with Gasteiger partial charge >= 0.3 is 0 Å². The third kappa shape index (κ3) is 4.19. The first-order valence-corrected chi connectivity index (χ1v) is 8.25. The Morgan fingerprint density at radius 2 is 2.10 bits per heavy atom. The van der Waals surface area contributed by atoms with Crippen LogP contribution in [-0.4, -0.2) is 54.8 Å². The van der Waals surface area contributed by atoms with Crippen molar-refractivity contribution < 1.29 is 13.2 Å². The molecule has 0 aromatic carbocycles. The second-order valence-electron chi connectivity index (χ2n) is 4.57. The van der Waals surface area contributed by atoms with Gasteiger partial charge in [-0.15, -0.1) is 0 Å². The molecule has 0 saturated carbocycles. The van der Waals surface area contributed by atoms with E-state index in [1.807, 2.05) is 0 Å². The average molecular weight is 323 g/mol. The van der Waals surface area contributed by atoms with Crippen LogP contribution >= 0.6 is 11.6 Å². The fraction of sp³-hybridized carbons (Fsp3) is 0.636. The van der Waals surface area contributed by atoms with Crippen molar-refractivity contribution in [2.24, 2.45) is 7.05 Å². The molecule has 1 aromatic heterocycles. The van der Waals surface area contributed by atoms with Crippen LogP contribution in [0.15, 0.2) is 0 Å². The van der Waals surface area contributed by atoms with Crippen LogP contribution in [0, 0.1) is 6.92 Å². The molecule has 0 fully saturated rings. The lowest BCUT2D eigenvalue weighted by atomic mass is 10.2. The molecule has 0 saturated heterocycles. The van der Waals surface area contributed by atoms with Gasteiger partial charge in [-0.1, -0.05) is 11.6 Å². The van der Waals surface area contributed by atoms with Crippen molar-refractivity contribution in [1.29, 1.82) is 0 Å². The Labute approximate surface area is 123 Å². The maximum atomic E-state index is 12.0. The van der Waals surface area contributed by atoms with Gasteiger partial charge in [0.25, 0.3) is 5.91 Å². The predicted octanol–water partition coefficient (Wildman–Crippen LogP) is 0.393. The zero-order chi connectivity index (χ0) is 15.5. The molecular formula is C11H19ClN4O3S. The molecule has 1 aromatic rings. The lowest BCUT2D eigenvalue weighted by Gasteiger charge is -2.13. The number of amides is 1. The molecule has 0 unspecified atom stereocenters. The van der Waals surface area contributed by atoms with Gasteiger partial charge in [-0.05, 0) is 13.3 Å². The summed E-state index contributed by atoms with van der Waals surface area (Å²) in [5.41, 5.74) is 0.911. The second kappa shape index (κ2) is 6.55. The number of carbonyl (C=O) groups excluding carboxylic acids is 1. The minimum absolute atomic E-state index is 0.285. The lowest BCUT2D eigenvalue weighted by molar-refractivity contribution is 0.0952. The van der Waals surface area contributed by atoms with Gasteiger partial charge in [-0.25, -0.2) is 12.7 Å². The monoisotopic (exact) mass is 322 g/mol. The molecule has 1 amide bonds. The molecule has 0 aliphatic rings. The van der Waals surface area contributed by atoms with E-state index in [-0.39, 0.29) is 11.1 Å². The Bertz CT molecular complexity index is 597. The van der Waals surface area contributed by atoms with Crippen LogP contribution in [0.3, 0.4) is 0 Å². The smallest absolute Gasteiger partial charge is 0.256 e. The summed E-state index contributed by atoms with van der Waals surface area (Å²) < 4.78 is 25.0. The van der Waals surface area contributed by atoms with E-state index in [0.29, 0.717) is 30.8 Å². The molecule has 0 aliphatic heterocycles. The van der Waals surface area contributed by atoms with E-state index < -0.39 is 10.0 Å². The van der Waals surface area contributed by atoms with Crippen molar-refractivity contribution in [2.45, 2.75) is 13.3 Å². The van der Waals surface area contributed by atoms with Crippen LogP contribution in [0.1, 0.15) is 22.5 Å². The SMILES string of the molecule is Cc1nn(C)c(Cl)c1C(=O)NCCCN(C)S(C)(=O)=O. The van der Waals surface area contributed by atoms with Crippen molar-refractivity contribution in [3.05, 3.63) is 16.4 Å². The Morgan fingerprint density at radius 1 is 1.50 bits per heavy atom. The van der Waals surface area contributed by atoms with Crippen LogP contribution in [-0.2, 0) is 17.1 Å². The highest BCUT2D eigenvalue weighted by atomic mass is 35.5. The van der Waals surface area contributed by atoms with Gasteiger partial charge in [0, 0.05) is 27.2 Å². The molecule has 1 N–H and O–H groups in total. The molecule has 0 radical (unpaired) electrons. The number of aryl methyl sites for hydroxylation is 2. The quantitative estimate of drug-likeness (QED) is 0.768. The first-order chi connectivity index (χ1) is 9.14. The van der Waals surface area contributed by atoms with Crippen molar-refractivity contribution in [1.82, 2.24) is 19.4 Å². The summed E-state index contributed by atoms with van der Waals surface area (Å²) in [6.45, 7) is 2.42. The zero-order valence-corrected chi connectivity index (χ0v) is 13.5. The van der Waals surface area contributed by atoms with Crippen LogP contribution in [0.2, 0.25) is 5.15 Å². The van der Waals surface area contributed by atoms with Gasteiger partial charge in [-0.3, -0.25) is 9.48 Å². The highest BCUT2D eigenvalue weighted by Gasteiger charge is 2.18. The average Bonchev–Trinajstić information content (AvgIpc) is 2.57. The van der Waals surface area contributed by atoms with E-state index in [1.54, 1.807) is 14.0 Å². The fourth-order valence-corrected chi connectivity index (χ4v) is 2.37. The molecule has 20 heavy (non-hydrogen) atoms. The molecule has 9 heteroatoms. The molecule has 1 heterocycles. The van der Waals surface area contributed by atoms with Crippen molar-refractivity contribution in [2.75, 3.05) is 26.4 Å². The Morgan fingerprint density at radius 3 is 2.55 bits per heavy atom. The van der Waals surface area contributed by atoms with Crippen LogP contribution in [0.4, 0.5) is 0 Å². The predicted molar refractivity (Wildman–Crippen MR) is 77.4 cm³/mol. The molecular weight excluding hydrogens is 304 g/mol. The van der Waals surface area contributed by atoms with E-state index in [1.165, 1.54) is 16.0 Å². The number of nitrogens with one attached hydrogen (secondary N) is 1. The normalized spacial score (nSPS) is 11.9. The summed E-state index contributed by atoms with van der Waals surface area (Å²) in [4.78, 5) is 12.0. The number of halogens is 1. The summed E-state index contributed by atoms with van der Waals surface area (Å²) in [7, 11) is -0.0204. The van der Waals surface area contributed by atoms with Gasteiger partial charge in [-0.2, -0.15) is 5.10 Å². The van der Waals surface area contributed by atoms with E-state index in [0.717, 1.165) is 6.26 Å². The van der Waals surface area contributed by atoms with Crippen molar-refractivity contribution >= 4 is 27.5 Å². The lowest BCUT2D eigenvalue weighted by Crippen LogP contribution is -2.31. The standard InChI is InChI=1S/C11H19ClN4O3S/c1-8-9(10(12)16(3)14-8)11(17)13-6-5-7-15(2)20(4,18)19/h5-7H2,1-4H3,(H,13,17). The van der Waals surface area contributed by atoms with Crippen molar-refractivity contribution in [3.63, 3.8) is 0 Å². The highest BCUT2D eigenvalue weighted by Crippen LogP contribution is 2.18. The number of nitrogens with zero attached hydrogens (tertiary/aromatic N) is 3. The third-order valence-corrected chi connectivity index (χ3v) is 4.63. The molecule has 7 nitrogen and oxygen atoms in total. The Kier molecular flexibility index (Phi) is 5.55. The summed E-state index contributed by atoms with van der Waals surface area (Å²) in [5.74, 6) is -0.303. The van der Waals surface area contributed by atoms with Gasteiger partial charge in [0.1, 0.15) is 5.15 Å². The molecule has 0 aliphatic carbocycles. The van der Waals surface area contributed by atoms with Crippen LogP contribution < -0.4 is 5.32 Å². The van der Waals surface area contributed by atoms with E-state index in [9.17, 15) is 13.2 Å². The highest BCUT2D eigenvalue weighted by molar-refractivity contribution is 7.88. The number of sulfonamides is 1. The molecule has 0 bridgehead atoms. The van der Waals surface area contributed by atoms with Gasteiger partial charge in [0.2, 0.25) is 10.0 Å². The molecule has 1 rings (SSSR count). The summed E-state index contributed by atoms with van der Waals surface area (Å²) in [5, 5.41) is 7.04. The van der Waals surface area contributed by atoms with Crippen LogP contribution in [0.25, 0.3) is 0 Å². The number of aromatic nitrogens is 2. The first-order valence-electron chi connectivity index (χ1n) is 6.03. The summed E-state index contributed by atoms with van der Waals surface area (Å²) in [6, 6.07) is 0. The largest absolute Gasteiger partial charge is 0.352 e. The minimum atomic E-state index is -3.18. The summed E-state index contributed by atoms with van der Waals surface area (Å²) in [6.07, 6.45) is 1.66. The minimum Gasteiger partial charge on any atom is -0.352 e. The number of hydrogen-bond acceptors (Lipinski definition) is 4. The van der Waals surface area contributed by atoms with E-state index in [2.05, 4.69) is 10.4 Å². The Balaban J connectivity index is 2.49. The van der Waals surface area contributed by atoms with Crippen molar-refractivity contribution in [3.8, 4) is 0 Å². The van der Waals surface area contributed by atoms with Gasteiger partial charge in [0.05, 0.1) is 17.5 Å². The molecule has 114 valence electrons. The Hall–Kier alpha value is -1.12. The molecule has 0 spiro atoms. The van der Waals surface area contributed by atoms with Crippen LogP contribution in [0.5, 0.6) is 0 Å². The maximum Gasteiger partial charge on any atom is 0.256 e.